The minimum absolute atomic E-state index is 0.321. The normalized spacial score (nSPS) is 17.6. The lowest BCUT2D eigenvalue weighted by atomic mass is 10.3. The maximum absolute atomic E-state index is 10.5. The predicted octanol–water partition coefficient (Wildman–Crippen LogP) is 1.15. The molecule has 0 aromatic carbocycles. The molecule has 18 heavy (non-hydrogen) atoms. The summed E-state index contributed by atoms with van der Waals surface area (Å²) in [5.74, 6) is 0.321. The van der Waals surface area contributed by atoms with E-state index in [9.17, 15) is 10.1 Å². The summed E-state index contributed by atoms with van der Waals surface area (Å²) in [4.78, 5) is 19.3. The van der Waals surface area contributed by atoms with Gasteiger partial charge in [0.2, 0.25) is 0 Å². The topological polar surface area (TPSA) is 80.5 Å². The fraction of sp³-hybridized carbons (Fsp3) is 0.300. The van der Waals surface area contributed by atoms with Crippen molar-refractivity contribution >= 4 is 11.6 Å². The Morgan fingerprint density at radius 1 is 1.67 bits per heavy atom. The highest BCUT2D eigenvalue weighted by Crippen LogP contribution is 2.13. The number of rotatable bonds is 3. The molecule has 2 rings (SSSR count). The highest BCUT2D eigenvalue weighted by Gasteiger charge is 2.19. The molecule has 96 valence electrons. The Morgan fingerprint density at radius 2 is 2.50 bits per heavy atom. The molecule has 1 aromatic heterocycles. The van der Waals surface area contributed by atoms with Gasteiger partial charge in [-0.3, -0.25) is 15.0 Å². The van der Waals surface area contributed by atoms with Crippen LogP contribution in [0.2, 0.25) is 5.15 Å². The Balaban J connectivity index is 2.10. The average molecular weight is 271 g/mol. The van der Waals surface area contributed by atoms with Crippen LogP contribution in [0.4, 0.5) is 0 Å². The van der Waals surface area contributed by atoms with Crippen LogP contribution in [0.15, 0.2) is 30.4 Å². The van der Waals surface area contributed by atoms with Crippen LogP contribution >= 0.6 is 11.6 Å². The van der Waals surface area contributed by atoms with E-state index < -0.39 is 4.92 Å². The smallest absolute Gasteiger partial charge is 0.276 e. The van der Waals surface area contributed by atoms with E-state index in [-0.39, 0.29) is 0 Å². The number of hydroxylamine groups is 2. The molecule has 0 saturated carbocycles. The molecular formula is C10H11ClN4O3. The van der Waals surface area contributed by atoms with Crippen molar-refractivity contribution in [3.63, 3.8) is 0 Å². The van der Waals surface area contributed by atoms with E-state index in [2.05, 4.69) is 10.3 Å². The summed E-state index contributed by atoms with van der Waals surface area (Å²) in [7, 11) is 0. The van der Waals surface area contributed by atoms with Crippen molar-refractivity contribution in [1.29, 1.82) is 0 Å². The zero-order chi connectivity index (χ0) is 13.0. The second-order valence-corrected chi connectivity index (χ2v) is 3.97. The van der Waals surface area contributed by atoms with E-state index in [1.54, 1.807) is 18.3 Å². The van der Waals surface area contributed by atoms with Crippen molar-refractivity contribution in [2.45, 2.75) is 6.54 Å². The van der Waals surface area contributed by atoms with Gasteiger partial charge < -0.3 is 5.32 Å². The first-order valence-electron chi connectivity index (χ1n) is 5.25. The van der Waals surface area contributed by atoms with Crippen molar-refractivity contribution in [2.75, 3.05) is 13.2 Å². The second kappa shape index (κ2) is 5.65. The maximum Gasteiger partial charge on any atom is 0.276 e. The number of pyridine rings is 1. The van der Waals surface area contributed by atoms with Crippen LogP contribution in [0, 0.1) is 10.1 Å². The first-order chi connectivity index (χ1) is 8.65. The zero-order valence-corrected chi connectivity index (χ0v) is 10.1. The van der Waals surface area contributed by atoms with Crippen LogP contribution in [-0.4, -0.2) is 28.1 Å². The lowest BCUT2D eigenvalue weighted by Gasteiger charge is -2.29. The van der Waals surface area contributed by atoms with Crippen LogP contribution < -0.4 is 5.32 Å². The van der Waals surface area contributed by atoms with Crippen molar-refractivity contribution in [3.8, 4) is 0 Å². The van der Waals surface area contributed by atoms with E-state index in [0.717, 1.165) is 11.8 Å². The van der Waals surface area contributed by atoms with Gasteiger partial charge in [0.15, 0.2) is 5.82 Å². The lowest BCUT2D eigenvalue weighted by Crippen LogP contribution is -2.40. The van der Waals surface area contributed by atoms with Crippen LogP contribution in [0.3, 0.4) is 0 Å². The first kappa shape index (κ1) is 12.6. The van der Waals surface area contributed by atoms with Gasteiger partial charge in [-0.25, -0.2) is 10.0 Å². The monoisotopic (exact) mass is 270 g/mol. The lowest BCUT2D eigenvalue weighted by molar-refractivity contribution is -0.406. The first-order valence-corrected chi connectivity index (χ1v) is 5.63. The number of hydrogen-bond acceptors (Lipinski definition) is 6. The summed E-state index contributed by atoms with van der Waals surface area (Å²) in [5.41, 5.74) is 0.845. The highest BCUT2D eigenvalue weighted by atomic mass is 35.5. The SMILES string of the molecule is O=[N+]([O-])/C=C1\NCCON1Cc1ccc(Cl)nc1. The number of nitro groups is 1. The second-order valence-electron chi connectivity index (χ2n) is 3.59. The molecule has 1 N–H and O–H groups in total. The van der Waals surface area contributed by atoms with Gasteiger partial charge in [-0.1, -0.05) is 17.7 Å². The summed E-state index contributed by atoms with van der Waals surface area (Å²) >= 11 is 5.68. The molecule has 1 aliphatic heterocycles. The molecule has 1 saturated heterocycles. The number of halogens is 1. The molecule has 0 aliphatic carbocycles. The summed E-state index contributed by atoms with van der Waals surface area (Å²) in [5, 5.41) is 15.2. The largest absolute Gasteiger partial charge is 0.362 e. The third-order valence-electron chi connectivity index (χ3n) is 2.27. The summed E-state index contributed by atoms with van der Waals surface area (Å²) in [6.45, 7) is 1.35. The molecule has 8 heteroatoms. The van der Waals surface area contributed by atoms with E-state index in [4.69, 9.17) is 16.4 Å². The van der Waals surface area contributed by atoms with Crippen molar-refractivity contribution in [1.82, 2.24) is 15.4 Å². The Bertz CT molecular complexity index is 463. The fourth-order valence-electron chi connectivity index (χ4n) is 1.50. The Kier molecular flexibility index (Phi) is 3.96. The van der Waals surface area contributed by atoms with Gasteiger partial charge in [0.05, 0.1) is 18.1 Å². The van der Waals surface area contributed by atoms with Crippen molar-refractivity contribution in [2.24, 2.45) is 0 Å². The van der Waals surface area contributed by atoms with E-state index in [1.165, 1.54) is 5.06 Å². The van der Waals surface area contributed by atoms with Gasteiger partial charge in [-0.2, -0.15) is 0 Å². The minimum atomic E-state index is -0.524. The molecule has 0 spiro atoms. The quantitative estimate of drug-likeness (QED) is 0.504. The van der Waals surface area contributed by atoms with Crippen molar-refractivity contribution in [3.05, 3.63) is 51.2 Å². The summed E-state index contributed by atoms with van der Waals surface area (Å²) in [6.07, 6.45) is 2.48. The summed E-state index contributed by atoms with van der Waals surface area (Å²) < 4.78 is 0. The number of aromatic nitrogens is 1. The number of nitrogens with zero attached hydrogens (tertiary/aromatic N) is 3. The molecule has 0 unspecified atom stereocenters. The van der Waals surface area contributed by atoms with Gasteiger partial charge in [0.1, 0.15) is 5.15 Å². The molecule has 0 atom stereocenters. The molecule has 2 heterocycles. The summed E-state index contributed by atoms with van der Waals surface area (Å²) in [6, 6.07) is 3.45. The molecule has 1 aliphatic rings. The number of nitrogens with one attached hydrogen (secondary N) is 1. The molecule has 0 bridgehead atoms. The zero-order valence-electron chi connectivity index (χ0n) is 9.38. The predicted molar refractivity (Wildman–Crippen MR) is 63.8 cm³/mol. The third kappa shape index (κ3) is 3.31. The average Bonchev–Trinajstić information content (AvgIpc) is 2.34. The number of hydrogen-bond donors (Lipinski definition) is 1. The Hall–Kier alpha value is -1.86. The molecule has 0 radical (unpaired) electrons. The van der Waals surface area contributed by atoms with Crippen molar-refractivity contribution < 1.29 is 9.76 Å². The van der Waals surface area contributed by atoms with Crippen LogP contribution in [0.1, 0.15) is 5.56 Å². The van der Waals surface area contributed by atoms with E-state index in [1.807, 2.05) is 0 Å². The van der Waals surface area contributed by atoms with Gasteiger partial charge in [-0.15, -0.1) is 0 Å². The molecular weight excluding hydrogens is 260 g/mol. The van der Waals surface area contributed by atoms with Gasteiger partial charge >= 0.3 is 0 Å². The Labute approximate surface area is 108 Å². The Morgan fingerprint density at radius 3 is 3.17 bits per heavy atom. The standard InChI is InChI=1S/C10H11ClN4O3/c11-9-2-1-8(5-13-9)6-14-10(7-15(16)17)12-3-4-18-14/h1-2,5,7,12H,3-4,6H2/b10-7+. The highest BCUT2D eigenvalue weighted by molar-refractivity contribution is 6.29. The van der Waals surface area contributed by atoms with E-state index in [0.29, 0.717) is 30.7 Å². The van der Waals surface area contributed by atoms with Crippen LogP contribution in [0.25, 0.3) is 0 Å². The minimum Gasteiger partial charge on any atom is -0.362 e. The van der Waals surface area contributed by atoms with Crippen LogP contribution in [-0.2, 0) is 11.4 Å². The van der Waals surface area contributed by atoms with E-state index >= 15 is 0 Å². The van der Waals surface area contributed by atoms with Gasteiger partial charge in [-0.05, 0) is 11.6 Å². The molecule has 1 fully saturated rings. The van der Waals surface area contributed by atoms with Gasteiger partial charge in [0, 0.05) is 12.7 Å². The molecule has 0 amide bonds. The maximum atomic E-state index is 10.5. The van der Waals surface area contributed by atoms with Crippen LogP contribution in [0.5, 0.6) is 0 Å². The molecule has 1 aromatic rings. The van der Waals surface area contributed by atoms with Gasteiger partial charge in [0.25, 0.3) is 6.20 Å². The fourth-order valence-corrected chi connectivity index (χ4v) is 1.61. The third-order valence-corrected chi connectivity index (χ3v) is 2.49. The molecule has 7 nitrogen and oxygen atoms in total.